The molecular formula is C23H31N3O2. The highest BCUT2D eigenvalue weighted by Crippen LogP contribution is 2.22. The molecule has 5 nitrogen and oxygen atoms in total. The van der Waals surface area contributed by atoms with Gasteiger partial charge in [0.05, 0.1) is 13.7 Å². The molecule has 1 amide bonds. The number of carbonyl (C=O) groups excluding carboxylic acids is 1. The molecule has 3 rings (SSSR count). The second-order valence-corrected chi connectivity index (χ2v) is 7.71. The molecule has 1 N–H and O–H groups in total. The van der Waals surface area contributed by atoms with E-state index in [9.17, 15) is 4.79 Å². The van der Waals surface area contributed by atoms with Crippen LogP contribution in [0.4, 0.5) is 5.69 Å². The molecule has 1 aliphatic rings. The van der Waals surface area contributed by atoms with Gasteiger partial charge in [0.1, 0.15) is 5.75 Å². The minimum absolute atomic E-state index is 0.0528. The quantitative estimate of drug-likeness (QED) is 0.833. The van der Waals surface area contributed by atoms with Crippen LogP contribution in [0.2, 0.25) is 0 Å². The molecular weight excluding hydrogens is 350 g/mol. The number of ether oxygens (including phenoxy) is 1. The van der Waals surface area contributed by atoms with Gasteiger partial charge in [-0.1, -0.05) is 23.8 Å². The largest absolute Gasteiger partial charge is 0.496 e. The van der Waals surface area contributed by atoms with Crippen LogP contribution in [0.25, 0.3) is 0 Å². The fraction of sp³-hybridized carbons (Fsp3) is 0.435. The maximum Gasteiger partial charge on any atom is 0.238 e. The zero-order valence-electron chi connectivity index (χ0n) is 17.4. The van der Waals surface area contributed by atoms with E-state index in [0.717, 1.165) is 44.2 Å². The molecule has 2 aromatic rings. The Morgan fingerprint density at radius 1 is 0.964 bits per heavy atom. The fourth-order valence-corrected chi connectivity index (χ4v) is 3.60. The highest BCUT2D eigenvalue weighted by atomic mass is 16.5. The summed E-state index contributed by atoms with van der Waals surface area (Å²) < 4.78 is 5.50. The Morgan fingerprint density at radius 3 is 2.36 bits per heavy atom. The van der Waals surface area contributed by atoms with E-state index in [0.29, 0.717) is 6.54 Å². The number of hydrogen-bond donors (Lipinski definition) is 1. The van der Waals surface area contributed by atoms with Crippen LogP contribution in [0.1, 0.15) is 22.3 Å². The average Bonchev–Trinajstić information content (AvgIpc) is 2.66. The van der Waals surface area contributed by atoms with E-state index in [-0.39, 0.29) is 5.91 Å². The number of methoxy groups -OCH3 is 1. The molecule has 1 saturated heterocycles. The van der Waals surface area contributed by atoms with Gasteiger partial charge in [0, 0.05) is 44.0 Å². The van der Waals surface area contributed by atoms with Gasteiger partial charge in [-0.2, -0.15) is 0 Å². The number of piperazine rings is 1. The van der Waals surface area contributed by atoms with Gasteiger partial charge in [0.25, 0.3) is 0 Å². The molecule has 0 aromatic heterocycles. The summed E-state index contributed by atoms with van der Waals surface area (Å²) in [6, 6.07) is 12.4. The molecule has 1 aliphatic heterocycles. The van der Waals surface area contributed by atoms with Crippen molar-refractivity contribution in [1.82, 2.24) is 9.80 Å². The predicted octanol–water partition coefficient (Wildman–Crippen LogP) is 3.38. The monoisotopic (exact) mass is 381 g/mol. The molecule has 150 valence electrons. The fourth-order valence-electron chi connectivity index (χ4n) is 3.60. The summed E-state index contributed by atoms with van der Waals surface area (Å²) in [7, 11) is 1.72. The smallest absolute Gasteiger partial charge is 0.238 e. The second kappa shape index (κ2) is 9.22. The molecule has 1 heterocycles. The van der Waals surface area contributed by atoms with E-state index in [1.54, 1.807) is 7.11 Å². The lowest BCUT2D eigenvalue weighted by Gasteiger charge is -2.34. The third-order valence-corrected chi connectivity index (χ3v) is 5.45. The molecule has 28 heavy (non-hydrogen) atoms. The van der Waals surface area contributed by atoms with Crippen molar-refractivity contribution >= 4 is 11.6 Å². The van der Waals surface area contributed by atoms with E-state index in [2.05, 4.69) is 48.0 Å². The van der Waals surface area contributed by atoms with Crippen molar-refractivity contribution in [3.8, 4) is 5.75 Å². The highest BCUT2D eigenvalue weighted by molar-refractivity contribution is 5.92. The zero-order valence-corrected chi connectivity index (χ0v) is 17.4. The number of hydrogen-bond acceptors (Lipinski definition) is 4. The summed E-state index contributed by atoms with van der Waals surface area (Å²) in [6.45, 7) is 11.3. The van der Waals surface area contributed by atoms with Crippen molar-refractivity contribution in [2.45, 2.75) is 27.3 Å². The van der Waals surface area contributed by atoms with Crippen molar-refractivity contribution in [3.05, 3.63) is 58.7 Å². The Kier molecular flexibility index (Phi) is 6.70. The van der Waals surface area contributed by atoms with Crippen molar-refractivity contribution in [3.63, 3.8) is 0 Å². The number of amides is 1. The minimum atomic E-state index is 0.0528. The standard InChI is InChI=1S/C23H31N3O2/c1-17-5-8-22(28-4)20(13-17)15-25-9-11-26(12-10-25)16-23(27)24-21-7-6-18(2)19(3)14-21/h5-8,13-14H,9-12,15-16H2,1-4H3,(H,24,27). The lowest BCUT2D eigenvalue weighted by atomic mass is 10.1. The van der Waals surface area contributed by atoms with Gasteiger partial charge in [-0.25, -0.2) is 0 Å². The third-order valence-electron chi connectivity index (χ3n) is 5.45. The van der Waals surface area contributed by atoms with E-state index in [4.69, 9.17) is 4.74 Å². The number of anilines is 1. The SMILES string of the molecule is COc1ccc(C)cc1CN1CCN(CC(=O)Nc2ccc(C)c(C)c2)CC1. The molecule has 2 aromatic carbocycles. The molecule has 0 unspecified atom stereocenters. The lowest BCUT2D eigenvalue weighted by molar-refractivity contribution is -0.117. The van der Waals surface area contributed by atoms with Crippen molar-refractivity contribution < 1.29 is 9.53 Å². The maximum atomic E-state index is 12.4. The summed E-state index contributed by atoms with van der Waals surface area (Å²) in [6.07, 6.45) is 0. The molecule has 0 aliphatic carbocycles. The van der Waals surface area contributed by atoms with E-state index in [1.165, 1.54) is 22.3 Å². The van der Waals surface area contributed by atoms with Crippen LogP contribution in [0.3, 0.4) is 0 Å². The Balaban J connectivity index is 1.48. The molecule has 0 saturated carbocycles. The molecule has 0 radical (unpaired) electrons. The molecule has 5 heteroatoms. The van der Waals surface area contributed by atoms with Crippen molar-refractivity contribution in [2.75, 3.05) is 45.2 Å². The van der Waals surface area contributed by atoms with Crippen LogP contribution < -0.4 is 10.1 Å². The number of nitrogens with one attached hydrogen (secondary N) is 1. The number of benzene rings is 2. The third kappa shape index (κ3) is 5.33. The summed E-state index contributed by atoms with van der Waals surface area (Å²) in [5, 5.41) is 3.02. The summed E-state index contributed by atoms with van der Waals surface area (Å²) in [5.41, 5.74) is 5.77. The minimum Gasteiger partial charge on any atom is -0.496 e. The van der Waals surface area contributed by atoms with E-state index >= 15 is 0 Å². The van der Waals surface area contributed by atoms with Crippen molar-refractivity contribution in [2.24, 2.45) is 0 Å². The van der Waals surface area contributed by atoms with Gasteiger partial charge < -0.3 is 10.1 Å². The van der Waals surface area contributed by atoms with Crippen LogP contribution >= 0.6 is 0 Å². The summed E-state index contributed by atoms with van der Waals surface area (Å²) in [5.74, 6) is 0.998. The molecule has 0 spiro atoms. The Hall–Kier alpha value is -2.37. The second-order valence-electron chi connectivity index (χ2n) is 7.71. The Morgan fingerprint density at radius 2 is 1.68 bits per heavy atom. The lowest BCUT2D eigenvalue weighted by Crippen LogP contribution is -2.48. The van der Waals surface area contributed by atoms with Gasteiger partial charge in [-0.3, -0.25) is 14.6 Å². The van der Waals surface area contributed by atoms with E-state index in [1.807, 2.05) is 24.3 Å². The van der Waals surface area contributed by atoms with Crippen LogP contribution in [0.15, 0.2) is 36.4 Å². The number of rotatable bonds is 6. The van der Waals surface area contributed by atoms with Crippen LogP contribution in [0, 0.1) is 20.8 Å². The van der Waals surface area contributed by atoms with Crippen molar-refractivity contribution in [1.29, 1.82) is 0 Å². The van der Waals surface area contributed by atoms with Crippen LogP contribution in [-0.4, -0.2) is 55.5 Å². The summed E-state index contributed by atoms with van der Waals surface area (Å²) in [4.78, 5) is 17.0. The molecule has 0 atom stereocenters. The van der Waals surface area contributed by atoms with Crippen LogP contribution in [-0.2, 0) is 11.3 Å². The average molecular weight is 382 g/mol. The maximum absolute atomic E-state index is 12.4. The van der Waals surface area contributed by atoms with Gasteiger partial charge in [0.15, 0.2) is 0 Å². The first-order valence-electron chi connectivity index (χ1n) is 9.90. The summed E-state index contributed by atoms with van der Waals surface area (Å²) >= 11 is 0. The first-order valence-corrected chi connectivity index (χ1v) is 9.90. The normalized spacial score (nSPS) is 15.4. The highest BCUT2D eigenvalue weighted by Gasteiger charge is 2.20. The van der Waals surface area contributed by atoms with E-state index < -0.39 is 0 Å². The van der Waals surface area contributed by atoms with Gasteiger partial charge >= 0.3 is 0 Å². The zero-order chi connectivity index (χ0) is 20.1. The van der Waals surface area contributed by atoms with Gasteiger partial charge in [-0.15, -0.1) is 0 Å². The molecule has 0 bridgehead atoms. The van der Waals surface area contributed by atoms with Crippen LogP contribution in [0.5, 0.6) is 5.75 Å². The first-order chi connectivity index (χ1) is 13.4. The Bertz CT molecular complexity index is 827. The first kappa shape index (κ1) is 20.4. The molecule has 1 fully saturated rings. The number of aryl methyl sites for hydroxylation is 3. The van der Waals surface area contributed by atoms with Gasteiger partial charge in [-0.05, 0) is 50.1 Å². The van der Waals surface area contributed by atoms with Gasteiger partial charge in [0.2, 0.25) is 5.91 Å². The number of carbonyl (C=O) groups is 1. The predicted molar refractivity (Wildman–Crippen MR) is 114 cm³/mol. The topological polar surface area (TPSA) is 44.8 Å². The number of nitrogens with zero attached hydrogens (tertiary/aromatic N) is 2. The Labute approximate surface area is 168 Å².